The van der Waals surface area contributed by atoms with Crippen molar-refractivity contribution in [1.29, 1.82) is 0 Å². The molecule has 4 aliphatic rings. The van der Waals surface area contributed by atoms with Gasteiger partial charge in [-0.3, -0.25) is 29.7 Å². The lowest BCUT2D eigenvalue weighted by Gasteiger charge is -2.17. The fourth-order valence-corrected chi connectivity index (χ4v) is 7.94. The van der Waals surface area contributed by atoms with Crippen LogP contribution < -0.4 is 0 Å². The Morgan fingerprint density at radius 1 is 0.606 bits per heavy atom. The number of ether oxygens (including phenoxy) is 1. The van der Waals surface area contributed by atoms with Gasteiger partial charge in [-0.05, 0) is 120 Å². The molecule has 3 atom stereocenters. The number of halogens is 2. The fourth-order valence-electron chi connectivity index (χ4n) is 7.94. The van der Waals surface area contributed by atoms with Crippen LogP contribution in [-0.4, -0.2) is 101 Å². The van der Waals surface area contributed by atoms with Crippen LogP contribution >= 0.6 is 9.24 Å². The lowest BCUT2D eigenvalue weighted by Crippen LogP contribution is -2.26. The molecule has 3 aromatic heterocycles. The zero-order valence-electron chi connectivity index (χ0n) is 49.1. The van der Waals surface area contributed by atoms with Gasteiger partial charge in [0.25, 0.3) is 0 Å². The van der Waals surface area contributed by atoms with Crippen LogP contribution in [0.5, 0.6) is 0 Å². The Morgan fingerprint density at radius 3 is 1.31 bits per heavy atom. The molecule has 10 heteroatoms. The molecule has 3 aromatic rings. The predicted octanol–water partition coefficient (Wildman–Crippen LogP) is 17.2. The molecular formula is C61H113F2N6OP. The van der Waals surface area contributed by atoms with E-state index in [1.807, 2.05) is 62.8 Å². The van der Waals surface area contributed by atoms with E-state index in [1.165, 1.54) is 114 Å². The number of likely N-dealkylation sites (tertiary alicyclic amines) is 2. The maximum atomic E-state index is 13.7. The first-order valence-corrected chi connectivity index (χ1v) is 29.7. The van der Waals surface area contributed by atoms with E-state index >= 15 is 0 Å². The molecule has 3 saturated heterocycles. The van der Waals surface area contributed by atoms with E-state index in [0.29, 0.717) is 43.8 Å². The van der Waals surface area contributed by atoms with E-state index in [-0.39, 0.29) is 0 Å². The summed E-state index contributed by atoms with van der Waals surface area (Å²) in [6.07, 6.45) is 19.4. The van der Waals surface area contributed by atoms with E-state index in [9.17, 15) is 8.78 Å². The number of unbranched alkanes of at least 4 members (excludes halogenated alkanes) is 3. The molecule has 0 amide bonds. The molecule has 1 aliphatic carbocycles. The topological polar surface area (TPSA) is 57.6 Å². The molecule has 71 heavy (non-hydrogen) atoms. The van der Waals surface area contributed by atoms with Gasteiger partial charge in [0, 0.05) is 69.6 Å². The molecule has 4 fully saturated rings. The van der Waals surface area contributed by atoms with Gasteiger partial charge in [-0.2, -0.15) is 0 Å². The largest absolute Gasteiger partial charge is 0.381 e. The summed E-state index contributed by atoms with van der Waals surface area (Å²) in [5.74, 6) is 1.41. The molecule has 1 saturated carbocycles. The zero-order valence-corrected chi connectivity index (χ0v) is 50.3. The molecular weight excluding hydrogens is 902 g/mol. The Bertz CT molecular complexity index is 1580. The van der Waals surface area contributed by atoms with Gasteiger partial charge in [0.15, 0.2) is 0 Å². The van der Waals surface area contributed by atoms with E-state index < -0.39 is 11.8 Å². The van der Waals surface area contributed by atoms with Crippen molar-refractivity contribution in [3.8, 4) is 0 Å². The van der Waals surface area contributed by atoms with E-state index in [0.717, 1.165) is 55.6 Å². The molecule has 0 N–H and O–H groups in total. The smallest absolute Gasteiger partial charge is 0.122 e. The molecule has 3 aliphatic heterocycles. The second-order valence-corrected chi connectivity index (χ2v) is 20.5. The average Bonchev–Trinajstić information content (AvgIpc) is 4.23. The predicted molar refractivity (Wildman–Crippen MR) is 312 cm³/mol. The number of pyridine rings is 3. The van der Waals surface area contributed by atoms with Gasteiger partial charge in [-0.25, -0.2) is 8.78 Å². The number of hydrogen-bond donors (Lipinski definition) is 0. The molecule has 3 unspecified atom stereocenters. The SMILES string of the molecule is C1CCCC1.C1CCOC1.CC.CC(C)c1cccc(CN2CCC(C)(F)C2)n1.CC(C)c1cccc(CN2CCCC2)n1.CC(F)CN(C)Cc1cccc(C(C)C)n1.CCC.CCCCCC.CP. The monoisotopic (exact) mass is 1010 g/mol. The van der Waals surface area contributed by atoms with Crippen molar-refractivity contribution >= 4 is 9.24 Å². The van der Waals surface area contributed by atoms with Crippen LogP contribution in [0.25, 0.3) is 0 Å². The number of hydrogen-bond acceptors (Lipinski definition) is 7. The quantitative estimate of drug-likeness (QED) is 0.118. The summed E-state index contributed by atoms with van der Waals surface area (Å²) in [6.45, 7) is 39.6. The van der Waals surface area contributed by atoms with Crippen molar-refractivity contribution in [3.05, 3.63) is 88.8 Å². The number of rotatable bonds is 14. The Morgan fingerprint density at radius 2 is 0.986 bits per heavy atom. The molecule has 412 valence electrons. The van der Waals surface area contributed by atoms with Crippen LogP contribution in [0.2, 0.25) is 0 Å². The van der Waals surface area contributed by atoms with E-state index in [2.05, 4.69) is 123 Å². The Labute approximate surface area is 441 Å². The summed E-state index contributed by atoms with van der Waals surface area (Å²) < 4.78 is 31.5. The third-order valence-electron chi connectivity index (χ3n) is 11.8. The van der Waals surface area contributed by atoms with Gasteiger partial charge >= 0.3 is 0 Å². The molecule has 7 nitrogen and oxygen atoms in total. The summed E-state index contributed by atoms with van der Waals surface area (Å²) in [4.78, 5) is 20.5. The van der Waals surface area contributed by atoms with Gasteiger partial charge in [0.2, 0.25) is 0 Å². The lowest BCUT2D eigenvalue weighted by molar-refractivity contribution is 0.186. The normalized spacial score (nSPS) is 17.5. The third kappa shape index (κ3) is 38.8. The van der Waals surface area contributed by atoms with Crippen molar-refractivity contribution in [2.45, 2.75) is 242 Å². The first-order chi connectivity index (χ1) is 34.0. The second kappa shape index (κ2) is 46.1. The molecule has 0 aromatic carbocycles. The average molecular weight is 1020 g/mol. The van der Waals surface area contributed by atoms with Crippen LogP contribution in [0, 0.1) is 0 Å². The van der Waals surface area contributed by atoms with Crippen molar-refractivity contribution in [3.63, 3.8) is 0 Å². The Balaban J connectivity index is 0. The number of aromatic nitrogens is 3. The molecule has 7 rings (SSSR count). The highest BCUT2D eigenvalue weighted by Gasteiger charge is 2.33. The minimum atomic E-state index is -1.02. The van der Waals surface area contributed by atoms with Gasteiger partial charge in [0.05, 0.1) is 17.1 Å². The Hall–Kier alpha value is -2.42. The summed E-state index contributed by atoms with van der Waals surface area (Å²) in [5.41, 5.74) is 5.69. The van der Waals surface area contributed by atoms with Crippen molar-refractivity contribution < 1.29 is 13.5 Å². The zero-order chi connectivity index (χ0) is 53.9. The van der Waals surface area contributed by atoms with E-state index in [1.54, 1.807) is 13.8 Å². The number of alkyl halides is 2. The summed E-state index contributed by atoms with van der Waals surface area (Å²) in [6, 6.07) is 18.6. The maximum Gasteiger partial charge on any atom is 0.122 e. The Kier molecular flexibility index (Phi) is 45.9. The van der Waals surface area contributed by atoms with Gasteiger partial charge in [-0.1, -0.05) is 172 Å². The first kappa shape index (κ1) is 70.7. The summed E-state index contributed by atoms with van der Waals surface area (Å²) in [5, 5.41) is 0. The third-order valence-corrected chi connectivity index (χ3v) is 11.8. The second-order valence-electron chi connectivity index (χ2n) is 20.5. The summed E-state index contributed by atoms with van der Waals surface area (Å²) in [7, 11) is 4.33. The highest BCUT2D eigenvalue weighted by atomic mass is 31.0. The van der Waals surface area contributed by atoms with Crippen LogP contribution in [0.1, 0.15) is 245 Å². The number of nitrogens with zero attached hydrogens (tertiary/aromatic N) is 6. The van der Waals surface area contributed by atoms with Gasteiger partial charge in [0.1, 0.15) is 11.8 Å². The molecule has 0 spiro atoms. The highest BCUT2D eigenvalue weighted by Crippen LogP contribution is 2.26. The fraction of sp³-hybridized carbons (Fsp3) is 0.754. The lowest BCUT2D eigenvalue weighted by atomic mass is 10.1. The van der Waals surface area contributed by atoms with Gasteiger partial charge in [-0.15, -0.1) is 9.24 Å². The minimum absolute atomic E-state index is 0.436. The van der Waals surface area contributed by atoms with Crippen LogP contribution in [0.15, 0.2) is 54.6 Å². The first-order valence-electron chi connectivity index (χ1n) is 28.5. The van der Waals surface area contributed by atoms with Crippen molar-refractivity contribution in [2.24, 2.45) is 0 Å². The molecule has 0 bridgehead atoms. The van der Waals surface area contributed by atoms with Gasteiger partial charge < -0.3 is 4.74 Å². The van der Waals surface area contributed by atoms with Crippen molar-refractivity contribution in [1.82, 2.24) is 29.7 Å². The molecule has 6 heterocycles. The standard InChI is InChI=1S/C14H21FN2.C13H21FN2.C13H20N2.C6H14.C5H10.C4H8O.C3H8.C2H6.CH5P/c1-11(2)13-6-4-5-12(16-13)9-17-8-7-14(3,15)10-17;1-10(2)13-7-5-6-12(15-13)9-16(4)8-11(3)14;1-11(2)13-7-5-6-12(14-13)10-15-8-3-4-9-15;1-3-5-6-4-2;2*1-2-4-5-3-1;1-3-2;2*1-2/h4-6,11H,7-10H2,1-3H3;5-7,10-11H,8-9H2,1-4H3;5-7,11H,3-4,8-10H2,1-2H3;3-6H2,1-2H3;1-5H2;1-4H2;3H2,1-2H3;1-2H3;2H2,1H3. The minimum Gasteiger partial charge on any atom is -0.381 e. The van der Waals surface area contributed by atoms with Crippen LogP contribution in [-0.2, 0) is 24.4 Å². The molecule has 0 radical (unpaired) electrons. The van der Waals surface area contributed by atoms with Crippen LogP contribution in [0.4, 0.5) is 8.78 Å². The maximum absolute atomic E-state index is 13.7. The van der Waals surface area contributed by atoms with E-state index in [4.69, 9.17) is 9.72 Å². The van der Waals surface area contributed by atoms with Crippen molar-refractivity contribution in [2.75, 3.05) is 59.7 Å². The van der Waals surface area contributed by atoms with Crippen LogP contribution in [0.3, 0.4) is 0 Å². The highest BCUT2D eigenvalue weighted by molar-refractivity contribution is 7.15. The summed E-state index contributed by atoms with van der Waals surface area (Å²) >= 11 is 0.